The van der Waals surface area contributed by atoms with E-state index in [9.17, 15) is 9.59 Å². The van der Waals surface area contributed by atoms with Crippen LogP contribution in [0.5, 0.6) is 11.5 Å². The second kappa shape index (κ2) is 9.31. The number of aryl methyl sites for hydroxylation is 1. The summed E-state index contributed by atoms with van der Waals surface area (Å²) in [6, 6.07) is 16.6. The number of hydrogen-bond donors (Lipinski definition) is 0. The van der Waals surface area contributed by atoms with Crippen LogP contribution in [0.1, 0.15) is 37.7 Å². The molecule has 3 rings (SSSR count). The topological polar surface area (TPSA) is 66.8 Å². The van der Waals surface area contributed by atoms with Gasteiger partial charge in [-0.15, -0.1) is 0 Å². The number of rotatable bonds is 8. The minimum Gasteiger partial charge on any atom is -0.497 e. The number of carbonyl (C=O) groups excluding carboxylic acids is 2. The standard InChI is InChI=1S/C24H25NO5/c1-16-10-22(17(2)25(16)14-18-8-6-5-7-9-18)23(26)15-30-24(27)19-11-20(28-3)13-21(12-19)29-4/h5-13H,14-15H2,1-4H3. The Labute approximate surface area is 176 Å². The van der Waals surface area contributed by atoms with Gasteiger partial charge in [0.25, 0.3) is 0 Å². The fraction of sp³-hybridized carbons (Fsp3) is 0.250. The minimum atomic E-state index is -0.612. The number of ether oxygens (including phenoxy) is 3. The van der Waals surface area contributed by atoms with E-state index in [-0.39, 0.29) is 18.0 Å². The second-order valence-corrected chi connectivity index (χ2v) is 6.96. The van der Waals surface area contributed by atoms with E-state index >= 15 is 0 Å². The van der Waals surface area contributed by atoms with Gasteiger partial charge in [0.05, 0.1) is 19.8 Å². The lowest BCUT2D eigenvalue weighted by Crippen LogP contribution is -2.15. The molecule has 0 atom stereocenters. The van der Waals surface area contributed by atoms with E-state index in [4.69, 9.17) is 14.2 Å². The molecule has 1 heterocycles. The Hall–Kier alpha value is -3.54. The molecule has 0 radical (unpaired) electrons. The lowest BCUT2D eigenvalue weighted by atomic mass is 10.1. The molecule has 0 spiro atoms. The van der Waals surface area contributed by atoms with Crippen LogP contribution >= 0.6 is 0 Å². The molecule has 30 heavy (non-hydrogen) atoms. The molecule has 1 aromatic heterocycles. The van der Waals surface area contributed by atoms with Crippen LogP contribution in [0.25, 0.3) is 0 Å². The summed E-state index contributed by atoms with van der Waals surface area (Å²) in [6.07, 6.45) is 0. The maximum Gasteiger partial charge on any atom is 0.338 e. The van der Waals surface area contributed by atoms with Crippen molar-refractivity contribution in [1.82, 2.24) is 4.57 Å². The van der Waals surface area contributed by atoms with Gasteiger partial charge in [0.1, 0.15) is 11.5 Å². The highest BCUT2D eigenvalue weighted by Gasteiger charge is 2.19. The molecular weight excluding hydrogens is 382 g/mol. The molecule has 0 saturated heterocycles. The third-order valence-corrected chi connectivity index (χ3v) is 4.98. The summed E-state index contributed by atoms with van der Waals surface area (Å²) >= 11 is 0. The SMILES string of the molecule is COc1cc(OC)cc(C(=O)OCC(=O)c2cc(C)n(Cc3ccccc3)c2C)c1. The summed E-state index contributed by atoms with van der Waals surface area (Å²) in [4.78, 5) is 25.1. The highest BCUT2D eigenvalue weighted by atomic mass is 16.5. The van der Waals surface area contributed by atoms with Crippen molar-refractivity contribution in [2.45, 2.75) is 20.4 Å². The third-order valence-electron chi connectivity index (χ3n) is 4.98. The van der Waals surface area contributed by atoms with Gasteiger partial charge in [-0.3, -0.25) is 4.79 Å². The van der Waals surface area contributed by atoms with E-state index in [2.05, 4.69) is 4.57 Å². The number of Topliss-reactive ketones (excluding diaryl/α,β-unsaturated/α-hetero) is 1. The Bertz CT molecular complexity index is 1030. The highest BCUT2D eigenvalue weighted by molar-refractivity contribution is 6.00. The van der Waals surface area contributed by atoms with E-state index in [0.717, 1.165) is 17.0 Å². The second-order valence-electron chi connectivity index (χ2n) is 6.96. The predicted octanol–water partition coefficient (Wildman–Crippen LogP) is 4.21. The number of esters is 1. The van der Waals surface area contributed by atoms with E-state index < -0.39 is 5.97 Å². The van der Waals surface area contributed by atoms with E-state index in [1.807, 2.05) is 50.2 Å². The fourth-order valence-corrected chi connectivity index (χ4v) is 3.31. The van der Waals surface area contributed by atoms with Crippen LogP contribution in [0.4, 0.5) is 0 Å². The third kappa shape index (κ3) is 4.71. The largest absolute Gasteiger partial charge is 0.497 e. The van der Waals surface area contributed by atoms with Crippen molar-refractivity contribution in [3.63, 3.8) is 0 Å². The molecule has 0 aliphatic carbocycles. The smallest absolute Gasteiger partial charge is 0.338 e. The van der Waals surface area contributed by atoms with Crippen LogP contribution < -0.4 is 9.47 Å². The van der Waals surface area contributed by atoms with Gasteiger partial charge in [-0.1, -0.05) is 30.3 Å². The molecule has 0 unspecified atom stereocenters. The first-order valence-corrected chi connectivity index (χ1v) is 9.57. The van der Waals surface area contributed by atoms with E-state index in [1.165, 1.54) is 14.2 Å². The van der Waals surface area contributed by atoms with Gasteiger partial charge in [0.2, 0.25) is 5.78 Å². The van der Waals surface area contributed by atoms with Crippen molar-refractivity contribution < 1.29 is 23.8 Å². The average Bonchev–Trinajstić information content (AvgIpc) is 3.05. The zero-order valence-electron chi connectivity index (χ0n) is 17.6. The Morgan fingerprint density at radius 2 is 1.53 bits per heavy atom. The Morgan fingerprint density at radius 3 is 2.13 bits per heavy atom. The van der Waals surface area contributed by atoms with Crippen molar-refractivity contribution in [2.75, 3.05) is 20.8 Å². The molecule has 0 aliphatic heterocycles. The van der Waals surface area contributed by atoms with Crippen molar-refractivity contribution >= 4 is 11.8 Å². The number of hydrogen-bond acceptors (Lipinski definition) is 5. The quantitative estimate of drug-likeness (QED) is 0.413. The summed E-state index contributed by atoms with van der Waals surface area (Å²) in [7, 11) is 3.00. The zero-order valence-corrected chi connectivity index (χ0v) is 17.6. The van der Waals surface area contributed by atoms with Crippen LogP contribution in [0.3, 0.4) is 0 Å². The molecule has 0 bridgehead atoms. The van der Waals surface area contributed by atoms with Crippen LogP contribution in [-0.2, 0) is 11.3 Å². The van der Waals surface area contributed by atoms with Gasteiger partial charge >= 0.3 is 5.97 Å². The molecule has 0 fully saturated rings. The van der Waals surface area contributed by atoms with E-state index in [0.29, 0.717) is 23.6 Å². The minimum absolute atomic E-state index is 0.245. The fourth-order valence-electron chi connectivity index (χ4n) is 3.31. The molecular formula is C24H25NO5. The number of ketones is 1. The van der Waals surface area contributed by atoms with Crippen LogP contribution in [0, 0.1) is 13.8 Å². The van der Waals surface area contributed by atoms with Crippen molar-refractivity contribution in [2.24, 2.45) is 0 Å². The van der Waals surface area contributed by atoms with Gasteiger partial charge in [-0.05, 0) is 37.6 Å². The van der Waals surface area contributed by atoms with Crippen LogP contribution in [-0.4, -0.2) is 37.1 Å². The molecule has 0 aliphatic rings. The molecule has 3 aromatic rings. The number of aromatic nitrogens is 1. The molecule has 6 heteroatoms. The summed E-state index contributed by atoms with van der Waals surface area (Å²) in [6.45, 7) is 4.20. The molecule has 0 N–H and O–H groups in total. The lowest BCUT2D eigenvalue weighted by molar-refractivity contribution is 0.0474. The van der Waals surface area contributed by atoms with Crippen molar-refractivity contribution in [3.8, 4) is 11.5 Å². The van der Waals surface area contributed by atoms with Gasteiger partial charge in [0, 0.05) is 29.6 Å². The van der Waals surface area contributed by atoms with Crippen molar-refractivity contribution in [1.29, 1.82) is 0 Å². The van der Waals surface area contributed by atoms with Gasteiger partial charge in [-0.25, -0.2) is 4.79 Å². The Morgan fingerprint density at radius 1 is 0.900 bits per heavy atom. The summed E-state index contributed by atoms with van der Waals surface area (Å²) < 4.78 is 17.7. The number of methoxy groups -OCH3 is 2. The molecule has 6 nitrogen and oxygen atoms in total. The average molecular weight is 407 g/mol. The summed E-state index contributed by atoms with van der Waals surface area (Å²) in [5.41, 5.74) is 3.79. The maximum atomic E-state index is 12.7. The molecule has 2 aromatic carbocycles. The summed E-state index contributed by atoms with van der Waals surface area (Å²) in [5.74, 6) is 0.0819. The molecule has 0 saturated carbocycles. The lowest BCUT2D eigenvalue weighted by Gasteiger charge is -2.10. The Balaban J connectivity index is 1.71. The number of carbonyl (C=O) groups is 2. The predicted molar refractivity (Wildman–Crippen MR) is 114 cm³/mol. The van der Waals surface area contributed by atoms with Crippen LogP contribution in [0.15, 0.2) is 54.6 Å². The first kappa shape index (κ1) is 21.2. The van der Waals surface area contributed by atoms with Gasteiger partial charge in [0.15, 0.2) is 6.61 Å². The van der Waals surface area contributed by atoms with Crippen LogP contribution in [0.2, 0.25) is 0 Å². The van der Waals surface area contributed by atoms with Gasteiger partial charge < -0.3 is 18.8 Å². The number of nitrogens with zero attached hydrogens (tertiary/aromatic N) is 1. The highest BCUT2D eigenvalue weighted by Crippen LogP contribution is 2.23. The Kier molecular flexibility index (Phi) is 6.57. The van der Waals surface area contributed by atoms with Gasteiger partial charge in [-0.2, -0.15) is 0 Å². The summed E-state index contributed by atoms with van der Waals surface area (Å²) in [5, 5.41) is 0. The first-order chi connectivity index (χ1) is 14.4. The normalized spacial score (nSPS) is 10.5. The van der Waals surface area contributed by atoms with E-state index in [1.54, 1.807) is 18.2 Å². The molecule has 0 amide bonds. The van der Waals surface area contributed by atoms with Crippen molar-refractivity contribution in [3.05, 3.63) is 82.7 Å². The monoisotopic (exact) mass is 407 g/mol. The zero-order chi connectivity index (χ0) is 21.7. The molecule has 156 valence electrons. The number of benzene rings is 2. The first-order valence-electron chi connectivity index (χ1n) is 9.57. The maximum absolute atomic E-state index is 12.7.